The van der Waals surface area contributed by atoms with Crippen LogP contribution in [0.15, 0.2) is 10.6 Å². The molecule has 0 aromatic carbocycles. The standard InChI is InChI=1S/C5H7BrO/c6-5-1-3-7-4-2-5/h1H,2-4H2. The first-order valence-electron chi connectivity index (χ1n) is 2.32. The summed E-state index contributed by atoms with van der Waals surface area (Å²) in [7, 11) is 0. The van der Waals surface area contributed by atoms with Gasteiger partial charge in [-0.25, -0.2) is 0 Å². The molecule has 0 amide bonds. The summed E-state index contributed by atoms with van der Waals surface area (Å²) < 4.78 is 6.31. The molecule has 1 heterocycles. The van der Waals surface area contributed by atoms with E-state index in [9.17, 15) is 0 Å². The van der Waals surface area contributed by atoms with E-state index in [1.54, 1.807) is 0 Å². The van der Waals surface area contributed by atoms with Gasteiger partial charge < -0.3 is 4.74 Å². The van der Waals surface area contributed by atoms with Crippen LogP contribution >= 0.6 is 15.9 Å². The van der Waals surface area contributed by atoms with Crippen LogP contribution in [0, 0.1) is 0 Å². The average molecular weight is 163 g/mol. The minimum absolute atomic E-state index is 0.778. The highest BCUT2D eigenvalue weighted by atomic mass is 79.9. The van der Waals surface area contributed by atoms with Crippen molar-refractivity contribution in [3.8, 4) is 0 Å². The number of hydrogen-bond acceptors (Lipinski definition) is 1. The molecule has 0 fully saturated rings. The van der Waals surface area contributed by atoms with E-state index in [4.69, 9.17) is 4.74 Å². The molecule has 1 rings (SSSR count). The van der Waals surface area contributed by atoms with Gasteiger partial charge in [-0.05, 0) is 10.6 Å². The van der Waals surface area contributed by atoms with Crippen LogP contribution in [0.3, 0.4) is 0 Å². The Morgan fingerprint density at radius 3 is 2.86 bits per heavy atom. The molecule has 0 N–H and O–H groups in total. The minimum Gasteiger partial charge on any atom is -0.377 e. The largest absolute Gasteiger partial charge is 0.377 e. The maximum atomic E-state index is 5.03. The number of halogens is 1. The zero-order chi connectivity index (χ0) is 5.11. The van der Waals surface area contributed by atoms with Crippen molar-refractivity contribution in [3.05, 3.63) is 10.6 Å². The molecule has 0 aromatic heterocycles. The summed E-state index contributed by atoms with van der Waals surface area (Å²) in [6.07, 6.45) is 3.09. The molecule has 0 saturated heterocycles. The Hall–Kier alpha value is 0.180. The molecule has 0 atom stereocenters. The summed E-state index contributed by atoms with van der Waals surface area (Å²) in [6, 6.07) is 0. The second kappa shape index (κ2) is 2.48. The lowest BCUT2D eigenvalue weighted by Gasteiger charge is -2.06. The Balaban J connectivity index is 2.40. The molecule has 1 aliphatic rings. The van der Waals surface area contributed by atoms with Gasteiger partial charge in [-0.15, -0.1) is 0 Å². The molecule has 0 radical (unpaired) electrons. The Kier molecular flexibility index (Phi) is 1.88. The maximum absolute atomic E-state index is 5.03. The van der Waals surface area contributed by atoms with Crippen molar-refractivity contribution in [3.63, 3.8) is 0 Å². The summed E-state index contributed by atoms with van der Waals surface area (Å²) >= 11 is 3.37. The van der Waals surface area contributed by atoms with E-state index in [1.165, 1.54) is 4.48 Å². The minimum atomic E-state index is 0.778. The number of hydrogen-bond donors (Lipinski definition) is 0. The van der Waals surface area contributed by atoms with Crippen molar-refractivity contribution in [2.24, 2.45) is 0 Å². The summed E-state index contributed by atoms with van der Waals surface area (Å²) in [5.41, 5.74) is 0. The molecular weight excluding hydrogens is 156 g/mol. The van der Waals surface area contributed by atoms with E-state index in [0.29, 0.717) is 0 Å². The summed E-state index contributed by atoms with van der Waals surface area (Å²) in [4.78, 5) is 0. The van der Waals surface area contributed by atoms with Crippen molar-refractivity contribution in [2.75, 3.05) is 13.2 Å². The molecule has 7 heavy (non-hydrogen) atoms. The van der Waals surface area contributed by atoms with Gasteiger partial charge in [-0.3, -0.25) is 0 Å². The Bertz CT molecular complexity index is 88.1. The van der Waals surface area contributed by atoms with Crippen LogP contribution < -0.4 is 0 Å². The zero-order valence-electron chi connectivity index (χ0n) is 3.98. The third kappa shape index (κ3) is 1.61. The second-order valence-electron chi connectivity index (χ2n) is 1.48. The van der Waals surface area contributed by atoms with Crippen LogP contribution in [0.2, 0.25) is 0 Å². The quantitative estimate of drug-likeness (QED) is 0.527. The maximum Gasteiger partial charge on any atom is 0.0658 e. The van der Waals surface area contributed by atoms with E-state index in [1.807, 2.05) is 6.08 Å². The Labute approximate surface area is 51.5 Å². The van der Waals surface area contributed by atoms with Crippen molar-refractivity contribution in [1.82, 2.24) is 0 Å². The lowest BCUT2D eigenvalue weighted by atomic mass is 10.3. The van der Waals surface area contributed by atoms with Gasteiger partial charge in [0, 0.05) is 6.42 Å². The topological polar surface area (TPSA) is 9.23 Å². The van der Waals surface area contributed by atoms with E-state index >= 15 is 0 Å². The fourth-order valence-electron chi connectivity index (χ4n) is 0.504. The van der Waals surface area contributed by atoms with Crippen LogP contribution in [0.5, 0.6) is 0 Å². The van der Waals surface area contributed by atoms with Gasteiger partial charge in [0.1, 0.15) is 0 Å². The van der Waals surface area contributed by atoms with Gasteiger partial charge in [0.25, 0.3) is 0 Å². The SMILES string of the molecule is BrC1=CCOCC1. The fourth-order valence-corrected chi connectivity index (χ4v) is 0.798. The first-order chi connectivity index (χ1) is 3.39. The molecule has 0 saturated carbocycles. The molecule has 0 bridgehead atoms. The second-order valence-corrected chi connectivity index (χ2v) is 2.49. The van der Waals surface area contributed by atoms with Crippen molar-refractivity contribution in [1.29, 1.82) is 0 Å². The van der Waals surface area contributed by atoms with Crippen LogP contribution in [0.1, 0.15) is 6.42 Å². The van der Waals surface area contributed by atoms with E-state index in [2.05, 4.69) is 15.9 Å². The molecule has 1 nitrogen and oxygen atoms in total. The van der Waals surface area contributed by atoms with Crippen LogP contribution in [-0.4, -0.2) is 13.2 Å². The monoisotopic (exact) mass is 162 g/mol. The Morgan fingerprint density at radius 2 is 2.57 bits per heavy atom. The molecule has 0 aromatic rings. The highest BCUT2D eigenvalue weighted by Gasteiger charge is 1.96. The highest BCUT2D eigenvalue weighted by molar-refractivity contribution is 9.11. The van der Waals surface area contributed by atoms with E-state index < -0.39 is 0 Å². The predicted octanol–water partition coefficient (Wildman–Crippen LogP) is 1.69. The summed E-state index contributed by atoms with van der Waals surface area (Å²) in [5, 5.41) is 0. The summed E-state index contributed by atoms with van der Waals surface area (Å²) in [5.74, 6) is 0. The lowest BCUT2D eigenvalue weighted by Crippen LogP contribution is -2.00. The molecule has 0 aliphatic carbocycles. The van der Waals surface area contributed by atoms with Crippen LogP contribution in [0.4, 0.5) is 0 Å². The zero-order valence-corrected chi connectivity index (χ0v) is 5.57. The van der Waals surface area contributed by atoms with Gasteiger partial charge in [0.15, 0.2) is 0 Å². The van der Waals surface area contributed by atoms with Crippen molar-refractivity contribution < 1.29 is 4.74 Å². The number of rotatable bonds is 0. The van der Waals surface area contributed by atoms with Gasteiger partial charge in [0.2, 0.25) is 0 Å². The Morgan fingerprint density at radius 1 is 1.71 bits per heavy atom. The summed E-state index contributed by atoms with van der Waals surface area (Å²) in [6.45, 7) is 1.65. The van der Waals surface area contributed by atoms with Gasteiger partial charge in [-0.2, -0.15) is 0 Å². The normalized spacial score (nSPS) is 21.6. The average Bonchev–Trinajstić information content (AvgIpc) is 1.69. The van der Waals surface area contributed by atoms with Crippen LogP contribution in [0.25, 0.3) is 0 Å². The smallest absolute Gasteiger partial charge is 0.0658 e. The van der Waals surface area contributed by atoms with Crippen molar-refractivity contribution in [2.45, 2.75) is 6.42 Å². The molecule has 2 heteroatoms. The molecule has 0 unspecified atom stereocenters. The lowest BCUT2D eigenvalue weighted by molar-refractivity contribution is 0.157. The third-order valence-electron chi connectivity index (χ3n) is 0.908. The van der Waals surface area contributed by atoms with E-state index in [0.717, 1.165) is 19.6 Å². The van der Waals surface area contributed by atoms with Gasteiger partial charge >= 0.3 is 0 Å². The fraction of sp³-hybridized carbons (Fsp3) is 0.600. The van der Waals surface area contributed by atoms with Crippen molar-refractivity contribution >= 4 is 15.9 Å². The molecule has 1 aliphatic heterocycles. The third-order valence-corrected chi connectivity index (χ3v) is 1.63. The molecule has 40 valence electrons. The van der Waals surface area contributed by atoms with Gasteiger partial charge in [-0.1, -0.05) is 15.9 Å². The van der Waals surface area contributed by atoms with E-state index in [-0.39, 0.29) is 0 Å². The predicted molar refractivity (Wildman–Crippen MR) is 32.4 cm³/mol. The number of ether oxygens (including phenoxy) is 1. The first kappa shape index (κ1) is 5.32. The van der Waals surface area contributed by atoms with Gasteiger partial charge in [0.05, 0.1) is 13.2 Å². The van der Waals surface area contributed by atoms with Crippen LogP contribution in [-0.2, 0) is 4.74 Å². The molecule has 0 spiro atoms. The highest BCUT2D eigenvalue weighted by Crippen LogP contribution is 2.12. The first-order valence-corrected chi connectivity index (χ1v) is 3.11. The molecular formula is C5H7BrO.